The van der Waals surface area contributed by atoms with Crippen LogP contribution in [0.15, 0.2) is 12.2 Å². The third-order valence-electron chi connectivity index (χ3n) is 1.32. The fraction of sp³-hybridized carbons (Fsp3) is 0.556. The highest BCUT2D eigenvalue weighted by Crippen LogP contribution is 2.11. The van der Waals surface area contributed by atoms with Crippen LogP contribution in [-0.4, -0.2) is 29.3 Å². The molecule has 0 bridgehead atoms. The minimum Gasteiger partial charge on any atom is -0.442 e. The van der Waals surface area contributed by atoms with E-state index in [-0.39, 0.29) is 6.61 Å². The first kappa shape index (κ1) is 10.7. The van der Waals surface area contributed by atoms with Crippen molar-refractivity contribution in [1.82, 2.24) is 5.06 Å². The molecule has 0 saturated heterocycles. The average Bonchev–Trinajstić information content (AvgIpc) is 2.01. The van der Waals surface area contributed by atoms with Crippen molar-refractivity contribution in [2.24, 2.45) is 0 Å². The SMILES string of the molecule is CC(C)(C)OC(=O)N1OCC=CC1=O. The van der Waals surface area contributed by atoms with Gasteiger partial charge in [0.15, 0.2) is 0 Å². The van der Waals surface area contributed by atoms with Crippen LogP contribution in [0.2, 0.25) is 0 Å². The molecule has 0 aromatic carbocycles. The van der Waals surface area contributed by atoms with E-state index in [9.17, 15) is 9.59 Å². The van der Waals surface area contributed by atoms with Crippen molar-refractivity contribution in [3.8, 4) is 0 Å². The molecule has 0 unspecified atom stereocenters. The number of hydrogen-bond acceptors (Lipinski definition) is 4. The van der Waals surface area contributed by atoms with E-state index in [1.165, 1.54) is 12.2 Å². The fourth-order valence-corrected chi connectivity index (χ4v) is 0.844. The van der Waals surface area contributed by atoms with Gasteiger partial charge in [-0.1, -0.05) is 6.08 Å². The topological polar surface area (TPSA) is 55.8 Å². The monoisotopic (exact) mass is 199 g/mol. The molecule has 5 heteroatoms. The van der Waals surface area contributed by atoms with Crippen LogP contribution in [0.25, 0.3) is 0 Å². The van der Waals surface area contributed by atoms with Crippen LogP contribution in [0.1, 0.15) is 20.8 Å². The Morgan fingerprint density at radius 2 is 2.21 bits per heavy atom. The van der Waals surface area contributed by atoms with Crippen LogP contribution < -0.4 is 0 Å². The number of imide groups is 1. The number of nitrogens with zero attached hydrogens (tertiary/aromatic N) is 1. The van der Waals surface area contributed by atoms with Crippen LogP contribution >= 0.6 is 0 Å². The Balaban J connectivity index is 2.61. The van der Waals surface area contributed by atoms with E-state index in [1.807, 2.05) is 0 Å². The molecule has 0 aromatic heterocycles. The van der Waals surface area contributed by atoms with E-state index in [4.69, 9.17) is 9.57 Å². The molecule has 78 valence electrons. The zero-order valence-corrected chi connectivity index (χ0v) is 8.44. The lowest BCUT2D eigenvalue weighted by Gasteiger charge is -2.25. The normalized spacial score (nSPS) is 17.1. The van der Waals surface area contributed by atoms with E-state index in [0.717, 1.165) is 0 Å². The smallest absolute Gasteiger partial charge is 0.442 e. The van der Waals surface area contributed by atoms with Crippen LogP contribution in [0.4, 0.5) is 4.79 Å². The first-order chi connectivity index (χ1) is 6.40. The first-order valence-electron chi connectivity index (χ1n) is 4.27. The summed E-state index contributed by atoms with van der Waals surface area (Å²) in [4.78, 5) is 27.3. The van der Waals surface area contributed by atoms with Gasteiger partial charge >= 0.3 is 6.09 Å². The second kappa shape index (κ2) is 3.79. The van der Waals surface area contributed by atoms with Crippen LogP contribution in [0, 0.1) is 0 Å². The van der Waals surface area contributed by atoms with Crippen molar-refractivity contribution in [2.45, 2.75) is 26.4 Å². The Morgan fingerprint density at radius 1 is 1.57 bits per heavy atom. The Bertz CT molecular complexity index is 277. The number of carbonyl (C=O) groups is 2. The van der Waals surface area contributed by atoms with Crippen LogP contribution in [0.3, 0.4) is 0 Å². The molecular formula is C9H13NO4. The predicted octanol–water partition coefficient (Wildman–Crippen LogP) is 1.25. The Kier molecular flexibility index (Phi) is 2.90. The number of hydrogen-bond donors (Lipinski definition) is 0. The lowest BCUT2D eigenvalue weighted by molar-refractivity contribution is -0.172. The molecular weight excluding hydrogens is 186 g/mol. The van der Waals surface area contributed by atoms with Gasteiger partial charge in [0.2, 0.25) is 0 Å². The van der Waals surface area contributed by atoms with Gasteiger partial charge in [-0.3, -0.25) is 9.63 Å². The molecule has 0 atom stereocenters. The van der Waals surface area contributed by atoms with Crippen molar-refractivity contribution < 1.29 is 19.2 Å². The van der Waals surface area contributed by atoms with Gasteiger partial charge < -0.3 is 4.74 Å². The van der Waals surface area contributed by atoms with Gasteiger partial charge in [0.05, 0.1) is 6.61 Å². The molecule has 1 aliphatic heterocycles. The van der Waals surface area contributed by atoms with Gasteiger partial charge in [0.25, 0.3) is 5.91 Å². The van der Waals surface area contributed by atoms with Gasteiger partial charge in [0, 0.05) is 6.08 Å². The highest BCUT2D eigenvalue weighted by molar-refractivity contribution is 5.97. The Morgan fingerprint density at radius 3 is 2.71 bits per heavy atom. The van der Waals surface area contributed by atoms with Crippen molar-refractivity contribution in [3.63, 3.8) is 0 Å². The zero-order valence-electron chi connectivity index (χ0n) is 8.44. The van der Waals surface area contributed by atoms with Crippen molar-refractivity contribution >= 4 is 12.0 Å². The average molecular weight is 199 g/mol. The summed E-state index contributed by atoms with van der Waals surface area (Å²) < 4.78 is 4.95. The summed E-state index contributed by atoms with van der Waals surface area (Å²) in [7, 11) is 0. The molecule has 2 amide bonds. The standard InChI is InChI=1S/C9H13NO4/c1-9(2,3)14-8(12)10-7(11)5-4-6-13-10/h4-5H,6H2,1-3H3. The summed E-state index contributed by atoms with van der Waals surface area (Å²) in [5, 5.41) is 0.616. The lowest BCUT2D eigenvalue weighted by atomic mass is 10.2. The molecule has 0 aromatic rings. The molecule has 5 nitrogen and oxygen atoms in total. The van der Waals surface area contributed by atoms with Gasteiger partial charge in [0.1, 0.15) is 5.60 Å². The van der Waals surface area contributed by atoms with Gasteiger partial charge in [-0.05, 0) is 20.8 Å². The number of ether oxygens (including phenoxy) is 1. The number of rotatable bonds is 0. The molecule has 0 fully saturated rings. The lowest BCUT2D eigenvalue weighted by Crippen LogP contribution is -2.41. The molecule has 0 aliphatic carbocycles. The maximum atomic E-state index is 11.3. The molecule has 0 spiro atoms. The van der Waals surface area contributed by atoms with Gasteiger partial charge in [-0.25, -0.2) is 4.79 Å². The minimum atomic E-state index is -0.785. The minimum absolute atomic E-state index is 0.199. The van der Waals surface area contributed by atoms with E-state index >= 15 is 0 Å². The van der Waals surface area contributed by atoms with Gasteiger partial charge in [-0.2, -0.15) is 0 Å². The van der Waals surface area contributed by atoms with Crippen LogP contribution in [-0.2, 0) is 14.4 Å². The van der Waals surface area contributed by atoms with E-state index in [1.54, 1.807) is 20.8 Å². The molecule has 0 radical (unpaired) electrons. The second-order valence-corrected chi connectivity index (χ2v) is 3.81. The Labute approximate surface area is 82.2 Å². The highest BCUT2D eigenvalue weighted by atomic mass is 16.7. The summed E-state index contributed by atoms with van der Waals surface area (Å²) in [5.41, 5.74) is -0.637. The first-order valence-corrected chi connectivity index (χ1v) is 4.27. The third kappa shape index (κ3) is 2.85. The summed E-state index contributed by atoms with van der Waals surface area (Å²) in [5.74, 6) is -0.523. The largest absolute Gasteiger partial charge is 0.442 e. The van der Waals surface area contributed by atoms with E-state index in [2.05, 4.69) is 0 Å². The maximum Gasteiger partial charge on any atom is 0.442 e. The summed E-state index contributed by atoms with van der Waals surface area (Å²) in [6.07, 6.45) is 2.02. The van der Waals surface area contributed by atoms with Crippen molar-refractivity contribution in [3.05, 3.63) is 12.2 Å². The van der Waals surface area contributed by atoms with Crippen molar-refractivity contribution in [2.75, 3.05) is 6.61 Å². The quantitative estimate of drug-likeness (QED) is 0.589. The number of hydroxylamine groups is 2. The molecule has 14 heavy (non-hydrogen) atoms. The van der Waals surface area contributed by atoms with E-state index < -0.39 is 17.6 Å². The van der Waals surface area contributed by atoms with Crippen LogP contribution in [0.5, 0.6) is 0 Å². The molecule has 1 rings (SSSR count). The summed E-state index contributed by atoms with van der Waals surface area (Å²) >= 11 is 0. The second-order valence-electron chi connectivity index (χ2n) is 3.81. The Hall–Kier alpha value is -1.36. The van der Waals surface area contributed by atoms with Gasteiger partial charge in [-0.15, -0.1) is 5.06 Å². The predicted molar refractivity (Wildman–Crippen MR) is 48.2 cm³/mol. The summed E-state index contributed by atoms with van der Waals surface area (Å²) in [6, 6.07) is 0. The van der Waals surface area contributed by atoms with E-state index in [0.29, 0.717) is 5.06 Å². The third-order valence-corrected chi connectivity index (χ3v) is 1.32. The highest BCUT2D eigenvalue weighted by Gasteiger charge is 2.28. The summed E-state index contributed by atoms with van der Waals surface area (Å²) in [6.45, 7) is 5.35. The molecule has 0 saturated carbocycles. The number of amides is 2. The fourth-order valence-electron chi connectivity index (χ4n) is 0.844. The molecule has 1 aliphatic rings. The zero-order chi connectivity index (χ0) is 10.8. The maximum absolute atomic E-state index is 11.3. The number of carbonyl (C=O) groups excluding carboxylic acids is 2. The molecule has 0 N–H and O–H groups in total. The van der Waals surface area contributed by atoms with Crippen molar-refractivity contribution in [1.29, 1.82) is 0 Å². The molecule has 1 heterocycles.